The van der Waals surface area contributed by atoms with Gasteiger partial charge in [0.25, 0.3) is 5.60 Å². The summed E-state index contributed by atoms with van der Waals surface area (Å²) in [5, 5.41) is 25.5. The van der Waals surface area contributed by atoms with Crippen molar-refractivity contribution in [2.75, 3.05) is 0 Å². The molecule has 1 atom stereocenters. The largest absolute Gasteiger partial charge is 0.479 e. The molecule has 1 unspecified atom stereocenters. The number of hydrogen-bond donors (Lipinski definition) is 3. The number of ether oxygens (including phenoxy) is 1. The van der Waals surface area contributed by atoms with Crippen LogP contribution in [0.5, 0.6) is 0 Å². The molecule has 0 rings (SSSR count). The highest BCUT2D eigenvalue weighted by Gasteiger charge is 2.45. The second kappa shape index (κ2) is 4.05. The SMILES string of the molecule is CC(OC(C)(C(=O)O)C(=O)O)C(=O)O. The second-order valence-corrected chi connectivity index (χ2v) is 2.74. The van der Waals surface area contributed by atoms with Gasteiger partial charge in [0.1, 0.15) is 0 Å². The van der Waals surface area contributed by atoms with Gasteiger partial charge in [0, 0.05) is 0 Å². The van der Waals surface area contributed by atoms with Gasteiger partial charge in [-0.25, -0.2) is 14.4 Å². The van der Waals surface area contributed by atoms with Crippen LogP contribution in [0.1, 0.15) is 13.8 Å². The lowest BCUT2D eigenvalue weighted by molar-refractivity contribution is -0.191. The van der Waals surface area contributed by atoms with Crippen molar-refractivity contribution >= 4 is 17.9 Å². The fourth-order valence-corrected chi connectivity index (χ4v) is 0.596. The van der Waals surface area contributed by atoms with Gasteiger partial charge in [-0.2, -0.15) is 0 Å². The molecule has 3 N–H and O–H groups in total. The van der Waals surface area contributed by atoms with E-state index in [4.69, 9.17) is 15.3 Å². The van der Waals surface area contributed by atoms with E-state index in [2.05, 4.69) is 4.74 Å². The maximum absolute atomic E-state index is 10.5. The van der Waals surface area contributed by atoms with E-state index < -0.39 is 29.6 Å². The lowest BCUT2D eigenvalue weighted by atomic mass is 10.1. The smallest absolute Gasteiger partial charge is 0.347 e. The van der Waals surface area contributed by atoms with Crippen LogP contribution in [-0.2, 0) is 19.1 Å². The van der Waals surface area contributed by atoms with Crippen LogP contribution in [0.2, 0.25) is 0 Å². The Morgan fingerprint density at radius 2 is 1.50 bits per heavy atom. The van der Waals surface area contributed by atoms with Gasteiger partial charge >= 0.3 is 17.9 Å². The Labute approximate surface area is 78.9 Å². The lowest BCUT2D eigenvalue weighted by Crippen LogP contribution is -2.49. The molecule has 7 heteroatoms. The van der Waals surface area contributed by atoms with Gasteiger partial charge < -0.3 is 20.1 Å². The van der Waals surface area contributed by atoms with Crippen LogP contribution in [-0.4, -0.2) is 44.9 Å². The second-order valence-electron chi connectivity index (χ2n) is 2.74. The van der Waals surface area contributed by atoms with Crippen LogP contribution < -0.4 is 0 Å². The summed E-state index contributed by atoms with van der Waals surface area (Å²) in [6, 6.07) is 0. The zero-order valence-electron chi connectivity index (χ0n) is 7.55. The van der Waals surface area contributed by atoms with E-state index in [0.717, 1.165) is 13.8 Å². The summed E-state index contributed by atoms with van der Waals surface area (Å²) in [4.78, 5) is 31.4. The molecule has 0 aromatic carbocycles. The van der Waals surface area contributed by atoms with E-state index in [9.17, 15) is 14.4 Å². The predicted octanol–water partition coefficient (Wildman–Crippen LogP) is -0.596. The molecule has 80 valence electrons. The minimum absolute atomic E-state index is 0.775. The highest BCUT2D eigenvalue weighted by Crippen LogP contribution is 2.14. The van der Waals surface area contributed by atoms with Crippen LogP contribution in [0.4, 0.5) is 0 Å². The summed E-state index contributed by atoms with van der Waals surface area (Å²) in [5.74, 6) is -4.94. The van der Waals surface area contributed by atoms with E-state index in [1.807, 2.05) is 0 Å². The van der Waals surface area contributed by atoms with E-state index in [0.29, 0.717) is 0 Å². The fourth-order valence-electron chi connectivity index (χ4n) is 0.596. The Kier molecular flexibility index (Phi) is 3.58. The third-order valence-electron chi connectivity index (χ3n) is 1.58. The molecule has 0 fully saturated rings. The van der Waals surface area contributed by atoms with Gasteiger partial charge in [-0.05, 0) is 13.8 Å². The molecule has 7 nitrogen and oxygen atoms in total. The van der Waals surface area contributed by atoms with E-state index >= 15 is 0 Å². The fraction of sp³-hybridized carbons (Fsp3) is 0.571. The van der Waals surface area contributed by atoms with Crippen LogP contribution in [0.25, 0.3) is 0 Å². The monoisotopic (exact) mass is 206 g/mol. The number of carbonyl (C=O) groups is 3. The van der Waals surface area contributed by atoms with Gasteiger partial charge in [0.05, 0.1) is 0 Å². The summed E-state index contributed by atoms with van der Waals surface area (Å²) in [6.45, 7) is 1.82. The van der Waals surface area contributed by atoms with Crippen LogP contribution in [0, 0.1) is 0 Å². The van der Waals surface area contributed by atoms with Crippen molar-refractivity contribution < 1.29 is 34.4 Å². The molecule has 0 radical (unpaired) electrons. The molecule has 0 bridgehead atoms. The van der Waals surface area contributed by atoms with Gasteiger partial charge in [-0.15, -0.1) is 0 Å². The minimum atomic E-state index is -2.54. The summed E-state index contributed by atoms with van der Waals surface area (Å²) >= 11 is 0. The molecule has 0 aliphatic carbocycles. The van der Waals surface area contributed by atoms with Crippen LogP contribution in [0.3, 0.4) is 0 Å². The molecular formula is C7H10O7. The quantitative estimate of drug-likeness (QED) is 0.513. The summed E-state index contributed by atoms with van der Waals surface area (Å²) < 4.78 is 4.42. The molecule has 0 aromatic rings. The molecule has 0 aliphatic rings. The third-order valence-corrected chi connectivity index (χ3v) is 1.58. The molecular weight excluding hydrogens is 196 g/mol. The molecule has 0 aromatic heterocycles. The number of hydrogen-bond acceptors (Lipinski definition) is 4. The van der Waals surface area contributed by atoms with Crippen molar-refractivity contribution in [3.8, 4) is 0 Å². The van der Waals surface area contributed by atoms with Gasteiger partial charge in [0.15, 0.2) is 6.10 Å². The first-order valence-corrected chi connectivity index (χ1v) is 3.59. The molecule has 0 saturated heterocycles. The Bertz CT molecular complexity index is 255. The van der Waals surface area contributed by atoms with Crippen molar-refractivity contribution in [1.29, 1.82) is 0 Å². The average Bonchev–Trinajstić information content (AvgIpc) is 2.02. The van der Waals surface area contributed by atoms with Gasteiger partial charge in [-0.3, -0.25) is 0 Å². The zero-order chi connectivity index (χ0) is 11.5. The van der Waals surface area contributed by atoms with Crippen molar-refractivity contribution in [1.82, 2.24) is 0 Å². The maximum Gasteiger partial charge on any atom is 0.347 e. The number of carboxylic acids is 3. The van der Waals surface area contributed by atoms with E-state index in [-0.39, 0.29) is 0 Å². The Balaban J connectivity index is 4.79. The topological polar surface area (TPSA) is 121 Å². The molecule has 14 heavy (non-hydrogen) atoms. The Morgan fingerprint density at radius 3 is 1.71 bits per heavy atom. The highest BCUT2D eigenvalue weighted by atomic mass is 16.6. The third kappa shape index (κ3) is 2.43. The number of rotatable bonds is 5. The number of carboxylic acid groups (broad SMARTS) is 3. The molecule has 0 aliphatic heterocycles. The highest BCUT2D eigenvalue weighted by molar-refractivity contribution is 6.01. The molecule has 0 amide bonds. The first-order chi connectivity index (χ1) is 6.21. The minimum Gasteiger partial charge on any atom is -0.479 e. The predicted molar refractivity (Wildman–Crippen MR) is 41.9 cm³/mol. The standard InChI is InChI=1S/C7H10O7/c1-3(4(8)9)14-7(2,5(10)11)6(12)13/h3H,1-2H3,(H,8,9)(H,10,11)(H,12,13). The first kappa shape index (κ1) is 12.4. The normalized spacial score (nSPS) is 13.3. The number of aliphatic carboxylic acids is 3. The maximum atomic E-state index is 10.5. The van der Waals surface area contributed by atoms with E-state index in [1.54, 1.807) is 0 Å². The van der Waals surface area contributed by atoms with Crippen LogP contribution >= 0.6 is 0 Å². The zero-order valence-corrected chi connectivity index (χ0v) is 7.55. The van der Waals surface area contributed by atoms with Crippen molar-refractivity contribution in [2.45, 2.75) is 25.6 Å². The summed E-state index contributed by atoms with van der Waals surface area (Å²) in [6.07, 6.45) is -1.51. The van der Waals surface area contributed by atoms with Crippen molar-refractivity contribution in [3.05, 3.63) is 0 Å². The molecule has 0 heterocycles. The Hall–Kier alpha value is -1.63. The summed E-state index contributed by atoms with van der Waals surface area (Å²) in [5.41, 5.74) is -2.54. The first-order valence-electron chi connectivity index (χ1n) is 3.59. The van der Waals surface area contributed by atoms with Crippen molar-refractivity contribution in [3.63, 3.8) is 0 Å². The van der Waals surface area contributed by atoms with Gasteiger partial charge in [0.2, 0.25) is 0 Å². The molecule has 0 saturated carbocycles. The Morgan fingerprint density at radius 1 is 1.14 bits per heavy atom. The average molecular weight is 206 g/mol. The summed E-state index contributed by atoms with van der Waals surface area (Å²) in [7, 11) is 0. The van der Waals surface area contributed by atoms with E-state index in [1.165, 1.54) is 0 Å². The molecule has 0 spiro atoms. The lowest BCUT2D eigenvalue weighted by Gasteiger charge is -2.22. The van der Waals surface area contributed by atoms with Crippen molar-refractivity contribution in [2.24, 2.45) is 0 Å². The van der Waals surface area contributed by atoms with Crippen LogP contribution in [0.15, 0.2) is 0 Å². The van der Waals surface area contributed by atoms with Gasteiger partial charge in [-0.1, -0.05) is 0 Å².